The van der Waals surface area contributed by atoms with Crippen LogP contribution in [0.4, 0.5) is 0 Å². The largest absolute Gasteiger partial charge is 0.464 e. The molecule has 0 saturated carbocycles. The highest BCUT2D eigenvalue weighted by molar-refractivity contribution is 5.97. The van der Waals surface area contributed by atoms with Crippen LogP contribution in [0.3, 0.4) is 0 Å². The van der Waals surface area contributed by atoms with E-state index in [2.05, 4.69) is 5.32 Å². The minimum atomic E-state index is -0.493. The molecule has 2 rings (SSSR count). The average molecular weight is 219 g/mol. The molecule has 0 radical (unpaired) electrons. The molecule has 4 heteroatoms. The van der Waals surface area contributed by atoms with Crippen LogP contribution in [0.1, 0.15) is 22.3 Å². The number of carbonyl (C=O) groups is 2. The zero-order chi connectivity index (χ0) is 11.5. The fourth-order valence-corrected chi connectivity index (χ4v) is 1.65. The molecule has 84 valence electrons. The van der Waals surface area contributed by atoms with Gasteiger partial charge in [-0.1, -0.05) is 17.7 Å². The van der Waals surface area contributed by atoms with Crippen LogP contribution in [-0.2, 0) is 9.53 Å². The molecule has 0 bridgehead atoms. The Morgan fingerprint density at radius 3 is 2.94 bits per heavy atom. The summed E-state index contributed by atoms with van der Waals surface area (Å²) in [7, 11) is 0. The molecule has 0 spiro atoms. The summed E-state index contributed by atoms with van der Waals surface area (Å²) in [6.07, 6.45) is 0.552. The van der Waals surface area contributed by atoms with Crippen LogP contribution in [0.15, 0.2) is 24.3 Å². The Labute approximate surface area is 93.6 Å². The molecule has 0 unspecified atom stereocenters. The van der Waals surface area contributed by atoms with E-state index in [1.54, 1.807) is 12.1 Å². The number of amides is 1. The minimum Gasteiger partial charge on any atom is -0.464 e. The smallest absolute Gasteiger partial charge is 0.328 e. The van der Waals surface area contributed by atoms with E-state index in [4.69, 9.17) is 4.74 Å². The first-order valence-corrected chi connectivity index (χ1v) is 5.21. The summed E-state index contributed by atoms with van der Waals surface area (Å²) in [4.78, 5) is 23.0. The molecule has 1 saturated heterocycles. The molecule has 1 aliphatic heterocycles. The third kappa shape index (κ3) is 2.21. The van der Waals surface area contributed by atoms with Gasteiger partial charge in [0.2, 0.25) is 0 Å². The monoisotopic (exact) mass is 219 g/mol. The van der Waals surface area contributed by atoms with Crippen LogP contribution in [0.2, 0.25) is 0 Å². The summed E-state index contributed by atoms with van der Waals surface area (Å²) in [5, 5.41) is 2.66. The third-order valence-electron chi connectivity index (χ3n) is 2.52. The van der Waals surface area contributed by atoms with Crippen LogP contribution in [0, 0.1) is 6.92 Å². The molecule has 1 aromatic carbocycles. The van der Waals surface area contributed by atoms with Crippen LogP contribution in [0.5, 0.6) is 0 Å². The number of aryl methyl sites for hydroxylation is 1. The zero-order valence-corrected chi connectivity index (χ0v) is 9.03. The molecule has 1 amide bonds. The van der Waals surface area contributed by atoms with Crippen LogP contribution < -0.4 is 5.32 Å². The Hall–Kier alpha value is -1.84. The number of rotatable bonds is 2. The Kier molecular flexibility index (Phi) is 2.90. The molecular weight excluding hydrogens is 206 g/mol. The van der Waals surface area contributed by atoms with Gasteiger partial charge in [0.05, 0.1) is 6.61 Å². The molecular formula is C12H13NO3. The van der Waals surface area contributed by atoms with Gasteiger partial charge in [-0.3, -0.25) is 4.79 Å². The molecule has 16 heavy (non-hydrogen) atoms. The van der Waals surface area contributed by atoms with Gasteiger partial charge in [0.1, 0.15) is 6.04 Å². The predicted molar refractivity (Wildman–Crippen MR) is 58.0 cm³/mol. The van der Waals surface area contributed by atoms with Gasteiger partial charge in [-0.25, -0.2) is 4.79 Å². The van der Waals surface area contributed by atoms with Crippen molar-refractivity contribution in [1.82, 2.24) is 5.32 Å². The number of ether oxygens (including phenoxy) is 1. The molecule has 1 fully saturated rings. The Morgan fingerprint density at radius 1 is 1.50 bits per heavy atom. The lowest BCUT2D eigenvalue weighted by Crippen LogP contribution is -2.37. The Bertz CT molecular complexity index is 428. The van der Waals surface area contributed by atoms with Crippen molar-refractivity contribution >= 4 is 11.9 Å². The maximum absolute atomic E-state index is 11.8. The summed E-state index contributed by atoms with van der Waals surface area (Å²) in [6, 6.07) is 6.75. The van der Waals surface area contributed by atoms with E-state index in [-0.39, 0.29) is 11.9 Å². The zero-order valence-electron chi connectivity index (χ0n) is 9.03. The van der Waals surface area contributed by atoms with E-state index >= 15 is 0 Å². The maximum Gasteiger partial charge on any atom is 0.328 e. The second kappa shape index (κ2) is 4.35. The third-order valence-corrected chi connectivity index (χ3v) is 2.52. The van der Waals surface area contributed by atoms with Gasteiger partial charge in [0.25, 0.3) is 5.91 Å². The highest BCUT2D eigenvalue weighted by atomic mass is 16.5. The second-order valence-electron chi connectivity index (χ2n) is 3.85. The number of hydrogen-bond donors (Lipinski definition) is 1. The highest BCUT2D eigenvalue weighted by Crippen LogP contribution is 2.08. The van der Waals surface area contributed by atoms with Gasteiger partial charge in [-0.2, -0.15) is 0 Å². The lowest BCUT2D eigenvalue weighted by atomic mass is 10.1. The summed E-state index contributed by atoms with van der Waals surface area (Å²) in [6.45, 7) is 2.30. The second-order valence-corrected chi connectivity index (χ2v) is 3.85. The molecule has 1 atom stereocenters. The van der Waals surface area contributed by atoms with Crippen molar-refractivity contribution in [2.45, 2.75) is 19.4 Å². The van der Waals surface area contributed by atoms with E-state index < -0.39 is 6.04 Å². The SMILES string of the molecule is Cc1cccc(C(=O)N[C@H]2CCOC2=O)c1. The van der Waals surface area contributed by atoms with E-state index in [1.165, 1.54) is 0 Å². The van der Waals surface area contributed by atoms with Crippen LogP contribution in [0.25, 0.3) is 0 Å². The van der Waals surface area contributed by atoms with Crippen LogP contribution >= 0.6 is 0 Å². The summed E-state index contributed by atoms with van der Waals surface area (Å²) >= 11 is 0. The van der Waals surface area contributed by atoms with Crippen molar-refractivity contribution in [1.29, 1.82) is 0 Å². The predicted octanol–water partition coefficient (Wildman–Crippen LogP) is 1.04. The fraction of sp³-hybridized carbons (Fsp3) is 0.333. The van der Waals surface area contributed by atoms with Gasteiger partial charge < -0.3 is 10.1 Å². The normalized spacial score (nSPS) is 19.3. The molecule has 4 nitrogen and oxygen atoms in total. The van der Waals surface area contributed by atoms with E-state index in [1.807, 2.05) is 19.1 Å². The van der Waals surface area contributed by atoms with Gasteiger partial charge in [0.15, 0.2) is 0 Å². The van der Waals surface area contributed by atoms with E-state index in [0.717, 1.165) is 5.56 Å². The number of cyclic esters (lactones) is 1. The number of hydrogen-bond acceptors (Lipinski definition) is 3. The topological polar surface area (TPSA) is 55.4 Å². The number of benzene rings is 1. The quantitative estimate of drug-likeness (QED) is 0.756. The minimum absolute atomic E-state index is 0.229. The van der Waals surface area contributed by atoms with Gasteiger partial charge in [0, 0.05) is 12.0 Å². The Morgan fingerprint density at radius 2 is 2.31 bits per heavy atom. The van der Waals surface area contributed by atoms with Crippen molar-refractivity contribution < 1.29 is 14.3 Å². The number of carbonyl (C=O) groups excluding carboxylic acids is 2. The number of esters is 1. The average Bonchev–Trinajstić information content (AvgIpc) is 2.64. The van der Waals surface area contributed by atoms with Crippen molar-refractivity contribution in [3.63, 3.8) is 0 Å². The summed E-state index contributed by atoms with van der Waals surface area (Å²) in [5.74, 6) is -0.575. The fourth-order valence-electron chi connectivity index (χ4n) is 1.65. The van der Waals surface area contributed by atoms with Crippen molar-refractivity contribution in [2.24, 2.45) is 0 Å². The Balaban J connectivity index is 2.05. The van der Waals surface area contributed by atoms with Gasteiger partial charge in [-0.05, 0) is 19.1 Å². The van der Waals surface area contributed by atoms with Gasteiger partial charge in [-0.15, -0.1) is 0 Å². The maximum atomic E-state index is 11.8. The molecule has 1 N–H and O–H groups in total. The van der Waals surface area contributed by atoms with E-state index in [9.17, 15) is 9.59 Å². The molecule has 0 aliphatic carbocycles. The van der Waals surface area contributed by atoms with Gasteiger partial charge >= 0.3 is 5.97 Å². The summed E-state index contributed by atoms with van der Waals surface area (Å²) < 4.78 is 4.77. The van der Waals surface area contributed by atoms with Crippen molar-refractivity contribution in [2.75, 3.05) is 6.61 Å². The summed E-state index contributed by atoms with van der Waals surface area (Å²) in [5.41, 5.74) is 1.58. The van der Waals surface area contributed by atoms with E-state index in [0.29, 0.717) is 18.6 Å². The lowest BCUT2D eigenvalue weighted by Gasteiger charge is -2.08. The molecule has 1 heterocycles. The first-order chi connectivity index (χ1) is 7.66. The molecule has 0 aromatic heterocycles. The molecule has 1 aliphatic rings. The standard InChI is InChI=1S/C12H13NO3/c1-8-3-2-4-9(7-8)11(14)13-10-5-6-16-12(10)15/h2-4,7,10H,5-6H2,1H3,(H,13,14)/t10-/m0/s1. The molecule has 1 aromatic rings. The van der Waals surface area contributed by atoms with Crippen molar-refractivity contribution in [3.05, 3.63) is 35.4 Å². The first kappa shape index (κ1) is 10.7. The van der Waals surface area contributed by atoms with Crippen LogP contribution in [-0.4, -0.2) is 24.5 Å². The van der Waals surface area contributed by atoms with Crippen molar-refractivity contribution in [3.8, 4) is 0 Å². The lowest BCUT2D eigenvalue weighted by molar-refractivity contribution is -0.139. The highest BCUT2D eigenvalue weighted by Gasteiger charge is 2.28. The number of nitrogens with one attached hydrogen (secondary N) is 1. The first-order valence-electron chi connectivity index (χ1n) is 5.21.